The Balaban J connectivity index is 2.74. The van der Waals surface area contributed by atoms with Crippen molar-refractivity contribution in [3.63, 3.8) is 0 Å². The molecule has 0 saturated heterocycles. The zero-order valence-electron chi connectivity index (χ0n) is 9.97. The minimum atomic E-state index is -5.49. The fourth-order valence-corrected chi connectivity index (χ4v) is 2.53. The van der Waals surface area contributed by atoms with Crippen molar-refractivity contribution < 1.29 is 26.3 Å². The largest absolute Gasteiger partial charge is 0.440 e. The molecular formula is C11H10F6N2. The molecule has 1 heterocycles. The van der Waals surface area contributed by atoms with Gasteiger partial charge < -0.3 is 9.80 Å². The van der Waals surface area contributed by atoms with Gasteiger partial charge in [0.25, 0.3) is 0 Å². The van der Waals surface area contributed by atoms with Gasteiger partial charge in [-0.3, -0.25) is 0 Å². The van der Waals surface area contributed by atoms with Crippen LogP contribution in [0.5, 0.6) is 0 Å². The Morgan fingerprint density at radius 3 is 1.37 bits per heavy atom. The number of hydrogen-bond acceptors (Lipinski definition) is 2. The number of halogens is 6. The lowest BCUT2D eigenvalue weighted by atomic mass is 10.1. The van der Waals surface area contributed by atoms with E-state index < -0.39 is 18.0 Å². The van der Waals surface area contributed by atoms with Gasteiger partial charge in [-0.25, -0.2) is 0 Å². The van der Waals surface area contributed by atoms with Crippen LogP contribution in [0.15, 0.2) is 24.3 Å². The zero-order valence-corrected chi connectivity index (χ0v) is 9.97. The van der Waals surface area contributed by atoms with E-state index in [0.717, 1.165) is 14.1 Å². The topological polar surface area (TPSA) is 6.48 Å². The van der Waals surface area contributed by atoms with Crippen molar-refractivity contribution in [3.8, 4) is 0 Å². The van der Waals surface area contributed by atoms with Gasteiger partial charge in [0.05, 0.1) is 11.4 Å². The lowest BCUT2D eigenvalue weighted by Gasteiger charge is -2.44. The second kappa shape index (κ2) is 3.71. The molecule has 0 atom stereocenters. The lowest BCUT2D eigenvalue weighted by molar-refractivity contribution is -0.293. The highest BCUT2D eigenvalue weighted by molar-refractivity contribution is 5.79. The molecule has 0 bridgehead atoms. The maximum absolute atomic E-state index is 13.2. The Hall–Kier alpha value is -1.60. The predicted molar refractivity (Wildman–Crippen MR) is 58.1 cm³/mol. The van der Waals surface area contributed by atoms with Crippen molar-refractivity contribution in [1.29, 1.82) is 0 Å². The number of anilines is 2. The molecule has 2 rings (SSSR count). The van der Waals surface area contributed by atoms with Crippen molar-refractivity contribution in [2.24, 2.45) is 0 Å². The van der Waals surface area contributed by atoms with Crippen molar-refractivity contribution >= 4 is 11.4 Å². The summed E-state index contributed by atoms with van der Waals surface area (Å²) >= 11 is 0. The maximum Gasteiger partial charge on any atom is 0.440 e. The monoisotopic (exact) mass is 284 g/mol. The van der Waals surface area contributed by atoms with Crippen LogP contribution in [0.25, 0.3) is 0 Å². The summed E-state index contributed by atoms with van der Waals surface area (Å²) in [6.45, 7) is 0. The molecular weight excluding hydrogens is 274 g/mol. The summed E-state index contributed by atoms with van der Waals surface area (Å²) in [6.07, 6.45) is -11.0. The van der Waals surface area contributed by atoms with Crippen LogP contribution in [0, 0.1) is 0 Å². The Morgan fingerprint density at radius 2 is 1.11 bits per heavy atom. The van der Waals surface area contributed by atoms with Gasteiger partial charge in [0, 0.05) is 14.1 Å². The molecule has 0 aromatic heterocycles. The molecule has 1 aliphatic heterocycles. The molecule has 0 aliphatic carbocycles. The van der Waals surface area contributed by atoms with Crippen molar-refractivity contribution in [3.05, 3.63) is 24.3 Å². The summed E-state index contributed by atoms with van der Waals surface area (Å²) in [6, 6.07) is 5.24. The Bertz CT molecular complexity index is 448. The second-order valence-corrected chi connectivity index (χ2v) is 4.27. The molecule has 0 fully saturated rings. The van der Waals surface area contributed by atoms with E-state index in [1.54, 1.807) is 0 Å². The summed E-state index contributed by atoms with van der Waals surface area (Å²) in [5.74, 6) is 0. The highest BCUT2D eigenvalue weighted by Crippen LogP contribution is 2.56. The fraction of sp³-hybridized carbons (Fsp3) is 0.455. The van der Waals surface area contributed by atoms with E-state index in [-0.39, 0.29) is 21.2 Å². The number of hydrogen-bond donors (Lipinski definition) is 0. The predicted octanol–water partition coefficient (Wildman–Crippen LogP) is 3.39. The van der Waals surface area contributed by atoms with E-state index >= 15 is 0 Å². The number of fused-ring (bicyclic) bond motifs is 1. The summed E-state index contributed by atoms with van der Waals surface area (Å²) < 4.78 is 79.0. The number of nitrogens with zero attached hydrogens (tertiary/aromatic N) is 2. The van der Waals surface area contributed by atoms with Crippen LogP contribution in [0.1, 0.15) is 0 Å². The van der Waals surface area contributed by atoms with Gasteiger partial charge >= 0.3 is 18.0 Å². The van der Waals surface area contributed by atoms with Gasteiger partial charge in [0.15, 0.2) is 0 Å². The highest BCUT2D eigenvalue weighted by Gasteiger charge is 2.78. The molecule has 1 aromatic rings. The molecule has 8 heteroatoms. The SMILES string of the molecule is CN1c2ccccc2N(C)C1(C(F)(F)F)C(F)(F)F. The van der Waals surface area contributed by atoms with Crippen molar-refractivity contribution in [1.82, 2.24) is 0 Å². The third-order valence-corrected chi connectivity index (χ3v) is 3.37. The van der Waals surface area contributed by atoms with Crippen molar-refractivity contribution in [2.75, 3.05) is 23.9 Å². The number of rotatable bonds is 0. The zero-order chi connectivity index (χ0) is 14.6. The molecule has 0 spiro atoms. The van der Waals surface area contributed by atoms with Crippen LogP contribution in [-0.4, -0.2) is 32.1 Å². The normalized spacial score (nSPS) is 18.7. The maximum atomic E-state index is 13.2. The first kappa shape index (κ1) is 13.8. The third kappa shape index (κ3) is 1.51. The first-order valence-electron chi connectivity index (χ1n) is 5.25. The van der Waals surface area contributed by atoms with Crippen LogP contribution < -0.4 is 9.80 Å². The van der Waals surface area contributed by atoms with E-state index in [1.165, 1.54) is 24.3 Å². The van der Waals surface area contributed by atoms with Gasteiger partial charge in [-0.15, -0.1) is 0 Å². The lowest BCUT2D eigenvalue weighted by Crippen LogP contribution is -2.72. The van der Waals surface area contributed by atoms with Crippen LogP contribution in [0.3, 0.4) is 0 Å². The average molecular weight is 284 g/mol. The minimum Gasteiger partial charge on any atom is -0.335 e. The first-order chi connectivity index (χ1) is 8.55. The average Bonchev–Trinajstić information content (AvgIpc) is 2.48. The Kier molecular flexibility index (Phi) is 2.70. The number of benzene rings is 1. The van der Waals surface area contributed by atoms with E-state index in [4.69, 9.17) is 0 Å². The second-order valence-electron chi connectivity index (χ2n) is 4.27. The number of para-hydroxylation sites is 2. The summed E-state index contributed by atoms with van der Waals surface area (Å²) in [7, 11) is 1.59. The van der Waals surface area contributed by atoms with Gasteiger partial charge in [0.1, 0.15) is 0 Å². The van der Waals surface area contributed by atoms with E-state index in [0.29, 0.717) is 0 Å². The Labute approximate surface area is 105 Å². The fourth-order valence-electron chi connectivity index (χ4n) is 2.53. The minimum absolute atomic E-state index is 0.111. The molecule has 2 nitrogen and oxygen atoms in total. The molecule has 106 valence electrons. The molecule has 1 aliphatic rings. The van der Waals surface area contributed by atoms with Gasteiger partial charge in [-0.1, -0.05) is 12.1 Å². The summed E-state index contributed by atoms with van der Waals surface area (Å²) in [4.78, 5) is 0.449. The first-order valence-corrected chi connectivity index (χ1v) is 5.25. The summed E-state index contributed by atoms with van der Waals surface area (Å²) in [5, 5.41) is 0. The van der Waals surface area contributed by atoms with Gasteiger partial charge in [-0.2, -0.15) is 26.3 Å². The van der Waals surface area contributed by atoms with Crippen LogP contribution in [-0.2, 0) is 0 Å². The van der Waals surface area contributed by atoms with Gasteiger partial charge in [-0.05, 0) is 12.1 Å². The quantitative estimate of drug-likeness (QED) is 0.674. The van der Waals surface area contributed by atoms with Crippen molar-refractivity contribution in [2.45, 2.75) is 18.0 Å². The standard InChI is InChI=1S/C11H10F6N2/c1-18-7-5-3-4-6-8(7)19(2)9(18,10(12,13)14)11(15,16)17/h3-6H,1-2H3. The van der Waals surface area contributed by atoms with Crippen LogP contribution in [0.4, 0.5) is 37.7 Å². The van der Waals surface area contributed by atoms with E-state index in [2.05, 4.69) is 0 Å². The van der Waals surface area contributed by atoms with Crippen LogP contribution >= 0.6 is 0 Å². The van der Waals surface area contributed by atoms with E-state index in [9.17, 15) is 26.3 Å². The molecule has 0 radical (unpaired) electrons. The molecule has 0 unspecified atom stereocenters. The number of alkyl halides is 6. The Morgan fingerprint density at radius 1 is 0.789 bits per heavy atom. The molecule has 19 heavy (non-hydrogen) atoms. The highest BCUT2D eigenvalue weighted by atomic mass is 19.4. The summed E-state index contributed by atoms with van der Waals surface area (Å²) in [5.41, 5.74) is -4.26. The van der Waals surface area contributed by atoms with E-state index in [1.807, 2.05) is 0 Å². The van der Waals surface area contributed by atoms with Crippen LogP contribution in [0.2, 0.25) is 0 Å². The molecule has 0 N–H and O–H groups in total. The molecule has 1 aromatic carbocycles. The smallest absolute Gasteiger partial charge is 0.335 e. The van der Waals surface area contributed by atoms with Gasteiger partial charge in [0.2, 0.25) is 0 Å². The third-order valence-electron chi connectivity index (χ3n) is 3.37. The molecule has 0 amide bonds. The molecule has 0 saturated carbocycles.